The number of hydrogen-bond acceptors (Lipinski definition) is 5. The van der Waals surface area contributed by atoms with Crippen molar-refractivity contribution in [3.63, 3.8) is 0 Å². The van der Waals surface area contributed by atoms with Gasteiger partial charge in [0.05, 0.1) is 11.1 Å². The number of fused-ring (bicyclic) bond motifs is 1. The first-order chi connectivity index (χ1) is 11.5. The van der Waals surface area contributed by atoms with E-state index in [9.17, 15) is 5.11 Å². The summed E-state index contributed by atoms with van der Waals surface area (Å²) in [6.45, 7) is 5.92. The largest absolute Gasteiger partial charge is 0.508 e. The van der Waals surface area contributed by atoms with Crippen LogP contribution >= 0.6 is 0 Å². The molecule has 7 nitrogen and oxygen atoms in total. The van der Waals surface area contributed by atoms with E-state index in [1.54, 1.807) is 24.4 Å². The number of aliphatic hydroxyl groups excluding tert-OH is 1. The second-order valence-corrected chi connectivity index (χ2v) is 5.76. The Balaban J connectivity index is 2.14. The summed E-state index contributed by atoms with van der Waals surface area (Å²) >= 11 is 0. The summed E-state index contributed by atoms with van der Waals surface area (Å²) in [5, 5.41) is 15.2. The maximum Gasteiger partial charge on any atom is 0.164 e. The Labute approximate surface area is 139 Å². The van der Waals surface area contributed by atoms with Crippen molar-refractivity contribution in [1.29, 1.82) is 0 Å². The van der Waals surface area contributed by atoms with E-state index in [0.29, 0.717) is 17.2 Å². The van der Waals surface area contributed by atoms with Crippen molar-refractivity contribution in [2.75, 3.05) is 5.73 Å². The highest BCUT2D eigenvalue weighted by Gasteiger charge is 2.19. The lowest BCUT2D eigenvalue weighted by atomic mass is 10.2. The minimum atomic E-state index is 0.142. The third-order valence-corrected chi connectivity index (χ3v) is 3.62. The molecule has 0 bridgehead atoms. The monoisotopic (exact) mass is 324 g/mol. The Morgan fingerprint density at radius 1 is 1.38 bits per heavy atom. The average Bonchev–Trinajstić information content (AvgIpc) is 3.12. The molecule has 0 spiro atoms. The number of nitrogens with two attached hydrogens (primary N) is 1. The van der Waals surface area contributed by atoms with E-state index < -0.39 is 0 Å². The average molecular weight is 324 g/mol. The van der Waals surface area contributed by atoms with Crippen LogP contribution < -0.4 is 5.73 Å². The summed E-state index contributed by atoms with van der Waals surface area (Å²) in [5.74, 6) is 0.578. The first-order valence-corrected chi connectivity index (χ1v) is 7.72. The number of nitrogen functional groups attached to an aromatic ring is 1. The van der Waals surface area contributed by atoms with Gasteiger partial charge in [-0.05, 0) is 44.6 Å². The van der Waals surface area contributed by atoms with Crippen molar-refractivity contribution >= 4 is 22.9 Å². The zero-order chi connectivity index (χ0) is 17.3. The molecule has 3 rings (SSSR count). The van der Waals surface area contributed by atoms with Crippen molar-refractivity contribution in [3.8, 4) is 11.4 Å². The van der Waals surface area contributed by atoms with Crippen LogP contribution in [0.25, 0.3) is 28.5 Å². The predicted octanol–water partition coefficient (Wildman–Crippen LogP) is 3.46. The lowest BCUT2D eigenvalue weighted by molar-refractivity contribution is 0.437. The van der Waals surface area contributed by atoms with Crippen LogP contribution in [0.2, 0.25) is 0 Å². The summed E-state index contributed by atoms with van der Waals surface area (Å²) in [6, 6.07) is 2.04. The molecule has 3 aromatic heterocycles. The van der Waals surface area contributed by atoms with Crippen LogP contribution in [0.5, 0.6) is 0 Å². The van der Waals surface area contributed by atoms with Gasteiger partial charge in [-0.25, -0.2) is 14.6 Å². The summed E-state index contributed by atoms with van der Waals surface area (Å²) < 4.78 is 1.83. The molecule has 0 saturated heterocycles. The van der Waals surface area contributed by atoms with E-state index in [4.69, 9.17) is 5.73 Å². The van der Waals surface area contributed by atoms with Crippen LogP contribution in [-0.4, -0.2) is 29.8 Å². The Hall–Kier alpha value is -3.09. The van der Waals surface area contributed by atoms with Gasteiger partial charge in [-0.2, -0.15) is 5.10 Å². The molecule has 0 aliphatic rings. The molecule has 0 amide bonds. The molecular formula is C17H20N6O. The number of anilines is 1. The second-order valence-electron chi connectivity index (χ2n) is 5.76. The number of nitrogens with one attached hydrogen (secondary N) is 1. The maximum atomic E-state index is 9.78. The Bertz CT molecular complexity index is 932. The van der Waals surface area contributed by atoms with E-state index >= 15 is 0 Å². The molecule has 3 heterocycles. The molecule has 4 N–H and O–H groups in total. The normalized spacial score (nSPS) is 12.8. The van der Waals surface area contributed by atoms with Gasteiger partial charge in [-0.3, -0.25) is 0 Å². The predicted molar refractivity (Wildman–Crippen MR) is 95.3 cm³/mol. The van der Waals surface area contributed by atoms with Gasteiger partial charge in [0.2, 0.25) is 0 Å². The molecule has 0 unspecified atom stereocenters. The first kappa shape index (κ1) is 15.8. The first-order valence-electron chi connectivity index (χ1n) is 7.72. The minimum Gasteiger partial charge on any atom is -0.508 e. The van der Waals surface area contributed by atoms with Gasteiger partial charge >= 0.3 is 0 Å². The van der Waals surface area contributed by atoms with Crippen molar-refractivity contribution in [2.45, 2.75) is 26.8 Å². The topological polar surface area (TPSA) is 106 Å². The third-order valence-electron chi connectivity index (χ3n) is 3.62. The summed E-state index contributed by atoms with van der Waals surface area (Å²) in [7, 11) is 0. The highest BCUT2D eigenvalue weighted by molar-refractivity contribution is 5.97. The molecule has 0 saturated carbocycles. The fourth-order valence-corrected chi connectivity index (χ4v) is 2.56. The number of nitrogens with zero attached hydrogens (tertiary/aromatic N) is 4. The number of rotatable bonds is 4. The molecule has 24 heavy (non-hydrogen) atoms. The second kappa shape index (κ2) is 6.19. The maximum absolute atomic E-state index is 9.78. The van der Waals surface area contributed by atoms with E-state index in [1.807, 2.05) is 31.5 Å². The molecule has 0 fully saturated rings. The van der Waals surface area contributed by atoms with Crippen LogP contribution in [0, 0.1) is 0 Å². The van der Waals surface area contributed by atoms with Crippen LogP contribution in [0.4, 0.5) is 5.82 Å². The van der Waals surface area contributed by atoms with Crippen LogP contribution in [0.15, 0.2) is 36.5 Å². The quantitative estimate of drug-likeness (QED) is 0.503. The van der Waals surface area contributed by atoms with Gasteiger partial charge < -0.3 is 15.8 Å². The number of aromatic nitrogens is 5. The van der Waals surface area contributed by atoms with Crippen LogP contribution in [0.1, 0.15) is 32.4 Å². The molecule has 0 atom stereocenters. The number of allylic oxidation sites excluding steroid dienone is 2. The summed E-state index contributed by atoms with van der Waals surface area (Å²) in [5.41, 5.74) is 9.08. The molecule has 124 valence electrons. The Morgan fingerprint density at radius 2 is 2.17 bits per heavy atom. The van der Waals surface area contributed by atoms with Crippen molar-refractivity contribution in [1.82, 2.24) is 24.7 Å². The van der Waals surface area contributed by atoms with Gasteiger partial charge in [0.1, 0.15) is 23.6 Å². The molecule has 7 heteroatoms. The molecule has 0 aliphatic heterocycles. The molecule has 3 aromatic rings. The van der Waals surface area contributed by atoms with Gasteiger partial charge in [-0.1, -0.05) is 6.08 Å². The summed E-state index contributed by atoms with van der Waals surface area (Å²) in [6.07, 6.45) is 8.31. The van der Waals surface area contributed by atoms with Gasteiger partial charge in [0.15, 0.2) is 5.65 Å². The lowest BCUT2D eigenvalue weighted by Gasteiger charge is -2.05. The molecular weight excluding hydrogens is 304 g/mol. The van der Waals surface area contributed by atoms with Crippen molar-refractivity contribution in [2.24, 2.45) is 0 Å². The van der Waals surface area contributed by atoms with Gasteiger partial charge in [0, 0.05) is 12.2 Å². The highest BCUT2D eigenvalue weighted by Crippen LogP contribution is 2.31. The lowest BCUT2D eigenvalue weighted by Crippen LogP contribution is -2.04. The van der Waals surface area contributed by atoms with Crippen molar-refractivity contribution in [3.05, 3.63) is 42.1 Å². The fraction of sp³-hybridized carbons (Fsp3) is 0.235. The third kappa shape index (κ3) is 2.76. The van der Waals surface area contributed by atoms with E-state index in [1.165, 1.54) is 6.33 Å². The molecule has 0 aromatic carbocycles. The number of hydrogen-bond donors (Lipinski definition) is 3. The zero-order valence-corrected chi connectivity index (χ0v) is 13.9. The molecule has 0 aliphatic carbocycles. The molecule has 0 radical (unpaired) electrons. The standard InChI is InChI=1S/C17H20N6O/c1-4-5-12(24)6-11-7-13(19-8-11)15-14-16(18)20-9-21-17(14)23(22-15)10(2)3/h4-10,19,24H,1-3H3,(H2,18,20,21)/b5-4-,12-6+. The smallest absolute Gasteiger partial charge is 0.164 e. The van der Waals surface area contributed by atoms with Gasteiger partial charge in [-0.15, -0.1) is 0 Å². The zero-order valence-electron chi connectivity index (χ0n) is 13.9. The van der Waals surface area contributed by atoms with Gasteiger partial charge in [0.25, 0.3) is 0 Å². The van der Waals surface area contributed by atoms with E-state index in [0.717, 1.165) is 16.6 Å². The van der Waals surface area contributed by atoms with E-state index in [2.05, 4.69) is 20.1 Å². The number of aliphatic hydroxyl groups is 1. The van der Waals surface area contributed by atoms with Crippen molar-refractivity contribution < 1.29 is 5.11 Å². The fourth-order valence-electron chi connectivity index (χ4n) is 2.56. The number of H-pyrrole nitrogens is 1. The van der Waals surface area contributed by atoms with Crippen LogP contribution in [-0.2, 0) is 0 Å². The SMILES string of the molecule is C/C=C\C(O)=C/c1c[nH]c(-c2nn(C(C)C)c3ncnc(N)c23)c1. The summed E-state index contributed by atoms with van der Waals surface area (Å²) in [4.78, 5) is 11.6. The highest BCUT2D eigenvalue weighted by atomic mass is 16.3. The van der Waals surface area contributed by atoms with E-state index in [-0.39, 0.29) is 11.8 Å². The Morgan fingerprint density at radius 3 is 2.88 bits per heavy atom. The Kier molecular flexibility index (Phi) is 4.07. The number of aromatic amines is 1. The minimum absolute atomic E-state index is 0.142. The van der Waals surface area contributed by atoms with Crippen LogP contribution in [0.3, 0.4) is 0 Å².